The van der Waals surface area contributed by atoms with E-state index in [2.05, 4.69) is 29.2 Å². The van der Waals surface area contributed by atoms with Gasteiger partial charge in [0.05, 0.1) is 12.5 Å². The fourth-order valence-electron chi connectivity index (χ4n) is 3.67. The largest absolute Gasteiger partial charge is 0.466 e. The first-order valence-corrected chi connectivity index (χ1v) is 7.28. The van der Waals surface area contributed by atoms with Gasteiger partial charge in [-0.15, -0.1) is 0 Å². The molecule has 0 amide bonds. The molecule has 1 aromatic carbocycles. The molecule has 0 bridgehead atoms. The van der Waals surface area contributed by atoms with Gasteiger partial charge in [-0.05, 0) is 38.3 Å². The molecule has 2 fully saturated rings. The van der Waals surface area contributed by atoms with Crippen molar-refractivity contribution < 1.29 is 9.53 Å². The van der Waals surface area contributed by atoms with Crippen LogP contribution in [0.3, 0.4) is 0 Å². The second-order valence-electron chi connectivity index (χ2n) is 5.47. The number of rotatable bonds is 3. The lowest BCUT2D eigenvalue weighted by Gasteiger charge is -2.24. The zero-order valence-electron chi connectivity index (χ0n) is 11.4. The normalized spacial score (nSPS) is 30.3. The van der Waals surface area contributed by atoms with Crippen LogP contribution in [0.25, 0.3) is 0 Å². The van der Waals surface area contributed by atoms with Crippen LogP contribution in [0.1, 0.15) is 37.8 Å². The predicted molar refractivity (Wildman–Crippen MR) is 73.7 cm³/mol. The lowest BCUT2D eigenvalue weighted by molar-refractivity contribution is -0.148. The minimum Gasteiger partial charge on any atom is -0.466 e. The summed E-state index contributed by atoms with van der Waals surface area (Å²) >= 11 is 0. The molecule has 3 nitrogen and oxygen atoms in total. The van der Waals surface area contributed by atoms with E-state index in [-0.39, 0.29) is 11.9 Å². The summed E-state index contributed by atoms with van der Waals surface area (Å²) in [6.45, 7) is 3.48. The Bertz CT molecular complexity index is 445. The fourth-order valence-corrected chi connectivity index (χ4v) is 3.67. The van der Waals surface area contributed by atoms with Gasteiger partial charge in [-0.3, -0.25) is 9.69 Å². The summed E-state index contributed by atoms with van der Waals surface area (Å²) < 4.78 is 5.25. The van der Waals surface area contributed by atoms with Gasteiger partial charge in [0, 0.05) is 12.1 Å². The molecule has 0 N–H and O–H groups in total. The highest BCUT2D eigenvalue weighted by atomic mass is 16.5. The molecule has 1 aromatic rings. The summed E-state index contributed by atoms with van der Waals surface area (Å²) in [5, 5.41) is 0. The topological polar surface area (TPSA) is 29.5 Å². The van der Waals surface area contributed by atoms with Crippen molar-refractivity contribution in [1.82, 2.24) is 4.90 Å². The maximum absolute atomic E-state index is 12.1. The Labute approximate surface area is 114 Å². The number of carbonyl (C=O) groups excluding carboxylic acids is 1. The van der Waals surface area contributed by atoms with Crippen molar-refractivity contribution in [3.8, 4) is 0 Å². The van der Waals surface area contributed by atoms with Crippen LogP contribution in [0, 0.1) is 5.92 Å². The summed E-state index contributed by atoms with van der Waals surface area (Å²) in [6, 6.07) is 11.3. The molecule has 2 heterocycles. The van der Waals surface area contributed by atoms with Crippen LogP contribution in [0.4, 0.5) is 0 Å². The Morgan fingerprint density at radius 1 is 1.37 bits per heavy atom. The summed E-state index contributed by atoms with van der Waals surface area (Å²) in [4.78, 5) is 14.6. The molecule has 3 rings (SSSR count). The quantitative estimate of drug-likeness (QED) is 0.782. The standard InChI is InChI=1S/C16H21NO2/c1-2-19-16(18)13-11-15(12-7-4-3-5-8-12)17-10-6-9-14(13)17/h3-5,7-8,13-15H,2,6,9-11H2,1H3/t13-,14-,15+/m1/s1. The van der Waals surface area contributed by atoms with Gasteiger partial charge in [0.1, 0.15) is 0 Å². The molecule has 102 valence electrons. The molecule has 2 aliphatic rings. The van der Waals surface area contributed by atoms with Crippen LogP contribution < -0.4 is 0 Å². The molecule has 0 aliphatic carbocycles. The number of carbonyl (C=O) groups is 1. The van der Waals surface area contributed by atoms with Crippen molar-refractivity contribution in [2.45, 2.75) is 38.3 Å². The maximum atomic E-state index is 12.1. The predicted octanol–water partition coefficient (Wildman–Crippen LogP) is 2.78. The Kier molecular flexibility index (Phi) is 3.56. The van der Waals surface area contributed by atoms with Crippen LogP contribution in [0.5, 0.6) is 0 Å². The van der Waals surface area contributed by atoms with E-state index >= 15 is 0 Å². The van der Waals surface area contributed by atoms with Gasteiger partial charge < -0.3 is 4.74 Å². The van der Waals surface area contributed by atoms with Crippen molar-refractivity contribution >= 4 is 5.97 Å². The van der Waals surface area contributed by atoms with Gasteiger partial charge in [0.2, 0.25) is 0 Å². The second-order valence-corrected chi connectivity index (χ2v) is 5.47. The fraction of sp³-hybridized carbons (Fsp3) is 0.562. The molecule has 0 spiro atoms. The van der Waals surface area contributed by atoms with E-state index in [4.69, 9.17) is 4.74 Å². The van der Waals surface area contributed by atoms with Gasteiger partial charge in [0.25, 0.3) is 0 Å². The third-order valence-electron chi connectivity index (χ3n) is 4.46. The van der Waals surface area contributed by atoms with Crippen LogP contribution in [-0.2, 0) is 9.53 Å². The van der Waals surface area contributed by atoms with Gasteiger partial charge in [0.15, 0.2) is 0 Å². The smallest absolute Gasteiger partial charge is 0.310 e. The molecule has 3 heteroatoms. The molecular weight excluding hydrogens is 238 g/mol. The second kappa shape index (κ2) is 5.33. The minimum absolute atomic E-state index is 0.00201. The summed E-state index contributed by atoms with van der Waals surface area (Å²) in [5.41, 5.74) is 1.33. The number of hydrogen-bond donors (Lipinski definition) is 0. The molecule has 2 aliphatic heterocycles. The van der Waals surface area contributed by atoms with Crippen molar-refractivity contribution in [2.24, 2.45) is 5.92 Å². The SMILES string of the molecule is CCOC(=O)[C@@H]1C[C@@H](c2ccccc2)N2CCC[C@H]12. The Morgan fingerprint density at radius 3 is 2.89 bits per heavy atom. The van der Waals surface area contributed by atoms with Crippen molar-refractivity contribution in [2.75, 3.05) is 13.2 Å². The summed E-state index contributed by atoms with van der Waals surface area (Å²) in [7, 11) is 0. The van der Waals surface area contributed by atoms with E-state index in [0.29, 0.717) is 18.7 Å². The van der Waals surface area contributed by atoms with Crippen molar-refractivity contribution in [3.63, 3.8) is 0 Å². The van der Waals surface area contributed by atoms with Gasteiger partial charge in [-0.25, -0.2) is 0 Å². The Balaban J connectivity index is 1.82. The van der Waals surface area contributed by atoms with Crippen molar-refractivity contribution in [1.29, 1.82) is 0 Å². The summed E-state index contributed by atoms with van der Waals surface area (Å²) in [6.07, 6.45) is 3.24. The molecule has 3 atom stereocenters. The van der Waals surface area contributed by atoms with Gasteiger partial charge in [-0.2, -0.15) is 0 Å². The molecule has 2 saturated heterocycles. The molecular formula is C16H21NO2. The van der Waals surface area contributed by atoms with Crippen LogP contribution in [0.2, 0.25) is 0 Å². The first-order chi connectivity index (χ1) is 9.31. The van der Waals surface area contributed by atoms with Gasteiger partial charge in [-0.1, -0.05) is 30.3 Å². The van der Waals surface area contributed by atoms with E-state index in [1.807, 2.05) is 13.0 Å². The van der Waals surface area contributed by atoms with E-state index in [1.165, 1.54) is 12.0 Å². The number of nitrogens with zero attached hydrogens (tertiary/aromatic N) is 1. The van der Waals surface area contributed by atoms with E-state index in [1.54, 1.807) is 0 Å². The summed E-state index contributed by atoms with van der Waals surface area (Å²) in [5.74, 6) is 0.0606. The number of ether oxygens (including phenoxy) is 1. The van der Waals surface area contributed by atoms with Crippen LogP contribution in [0.15, 0.2) is 30.3 Å². The van der Waals surface area contributed by atoms with E-state index < -0.39 is 0 Å². The van der Waals surface area contributed by atoms with E-state index in [0.717, 1.165) is 19.4 Å². The van der Waals surface area contributed by atoms with Crippen molar-refractivity contribution in [3.05, 3.63) is 35.9 Å². The molecule has 0 aromatic heterocycles. The number of esters is 1. The third-order valence-corrected chi connectivity index (χ3v) is 4.46. The first kappa shape index (κ1) is 12.7. The van der Waals surface area contributed by atoms with Gasteiger partial charge >= 0.3 is 5.97 Å². The highest BCUT2D eigenvalue weighted by Gasteiger charge is 2.47. The zero-order chi connectivity index (χ0) is 13.2. The average Bonchev–Trinajstić information content (AvgIpc) is 3.01. The Hall–Kier alpha value is -1.35. The lowest BCUT2D eigenvalue weighted by Crippen LogP contribution is -2.31. The van der Waals surface area contributed by atoms with E-state index in [9.17, 15) is 4.79 Å². The number of benzene rings is 1. The van der Waals surface area contributed by atoms with Crippen LogP contribution in [-0.4, -0.2) is 30.1 Å². The number of fused-ring (bicyclic) bond motifs is 1. The maximum Gasteiger partial charge on any atom is 0.310 e. The Morgan fingerprint density at radius 2 is 2.16 bits per heavy atom. The number of hydrogen-bond acceptors (Lipinski definition) is 3. The minimum atomic E-state index is -0.00201. The highest BCUT2D eigenvalue weighted by Crippen LogP contribution is 2.45. The average molecular weight is 259 g/mol. The zero-order valence-corrected chi connectivity index (χ0v) is 11.4. The van der Waals surface area contributed by atoms with Crippen LogP contribution >= 0.6 is 0 Å². The highest BCUT2D eigenvalue weighted by molar-refractivity contribution is 5.74. The third kappa shape index (κ3) is 2.27. The molecule has 0 saturated carbocycles. The molecule has 0 radical (unpaired) electrons. The monoisotopic (exact) mass is 259 g/mol. The first-order valence-electron chi connectivity index (χ1n) is 7.28. The molecule has 19 heavy (non-hydrogen) atoms. The lowest BCUT2D eigenvalue weighted by atomic mass is 9.94. The molecule has 0 unspecified atom stereocenters.